The Hall–Kier alpha value is -4.28. The number of benzene rings is 1. The number of rotatable bonds is 5. The van der Waals surface area contributed by atoms with E-state index in [0.717, 1.165) is 4.90 Å². The average molecular weight is 450 g/mol. The molecular weight excluding hydrogens is 427 g/mol. The minimum absolute atomic E-state index is 0.0126. The monoisotopic (exact) mass is 450 g/mol. The summed E-state index contributed by atoms with van der Waals surface area (Å²) in [6, 6.07) is 10.00. The summed E-state index contributed by atoms with van der Waals surface area (Å²) in [5.74, 6) is -0.212. The summed E-state index contributed by atoms with van der Waals surface area (Å²) < 4.78 is 21.0. The van der Waals surface area contributed by atoms with E-state index in [1.165, 1.54) is 13.1 Å². The van der Waals surface area contributed by atoms with Crippen molar-refractivity contribution in [2.75, 3.05) is 23.4 Å². The number of hydrogen-bond donors (Lipinski definition) is 2. The van der Waals surface area contributed by atoms with Crippen LogP contribution in [0.15, 0.2) is 42.6 Å². The van der Waals surface area contributed by atoms with Crippen molar-refractivity contribution in [3.63, 3.8) is 0 Å². The van der Waals surface area contributed by atoms with Gasteiger partial charge in [-0.05, 0) is 32.0 Å². The maximum absolute atomic E-state index is 14.2. The molecule has 0 unspecified atom stereocenters. The first kappa shape index (κ1) is 21.9. The number of hydrogen-bond acceptors (Lipinski definition) is 8. The molecular formula is C22H23FN8O2. The molecule has 33 heavy (non-hydrogen) atoms. The van der Waals surface area contributed by atoms with Crippen molar-refractivity contribution in [3.8, 4) is 11.5 Å². The molecule has 0 saturated heterocycles. The van der Waals surface area contributed by atoms with E-state index in [1.54, 1.807) is 55.1 Å². The minimum Gasteiger partial charge on any atom is -0.446 e. The van der Waals surface area contributed by atoms with Crippen LogP contribution in [0.4, 0.5) is 26.5 Å². The fourth-order valence-corrected chi connectivity index (χ4v) is 3.38. The van der Waals surface area contributed by atoms with E-state index in [0.29, 0.717) is 22.3 Å². The molecule has 0 radical (unpaired) electrons. The number of nitrogens with two attached hydrogens (primary N) is 2. The van der Waals surface area contributed by atoms with Crippen LogP contribution in [-0.2, 0) is 11.3 Å². The summed E-state index contributed by atoms with van der Waals surface area (Å²) in [4.78, 5) is 26.5. The number of nitrogen functional groups attached to an aromatic ring is 2. The third-order valence-corrected chi connectivity index (χ3v) is 4.88. The van der Waals surface area contributed by atoms with Crippen LogP contribution >= 0.6 is 0 Å². The zero-order valence-corrected chi connectivity index (χ0v) is 18.4. The Morgan fingerprint density at radius 3 is 2.52 bits per heavy atom. The Kier molecular flexibility index (Phi) is 5.78. The predicted molar refractivity (Wildman–Crippen MR) is 123 cm³/mol. The SMILES string of the molecule is CC(C)OC(=O)N(C)c1c(N)nc(-c2nn(Cc3ccccc3F)c3ncccc23)nc1N. The number of nitrogens with zero attached hydrogens (tertiary/aromatic N) is 6. The number of pyridine rings is 1. The summed E-state index contributed by atoms with van der Waals surface area (Å²) in [5, 5.41) is 5.22. The molecule has 0 atom stereocenters. The van der Waals surface area contributed by atoms with Gasteiger partial charge in [0.15, 0.2) is 23.1 Å². The molecule has 3 heterocycles. The fourth-order valence-electron chi connectivity index (χ4n) is 3.38. The highest BCUT2D eigenvalue weighted by Crippen LogP contribution is 2.32. The van der Waals surface area contributed by atoms with Crippen molar-refractivity contribution in [1.82, 2.24) is 24.7 Å². The van der Waals surface area contributed by atoms with E-state index < -0.39 is 6.09 Å². The summed E-state index contributed by atoms with van der Waals surface area (Å²) in [6.45, 7) is 3.62. The third-order valence-electron chi connectivity index (χ3n) is 4.88. The molecule has 0 fully saturated rings. The molecule has 4 N–H and O–H groups in total. The average Bonchev–Trinajstić information content (AvgIpc) is 3.13. The molecule has 10 nitrogen and oxygen atoms in total. The van der Waals surface area contributed by atoms with Crippen molar-refractivity contribution in [3.05, 3.63) is 54.0 Å². The summed E-state index contributed by atoms with van der Waals surface area (Å²) in [5.41, 5.74) is 13.8. The number of anilines is 3. The number of amides is 1. The molecule has 0 aliphatic rings. The zero-order chi connectivity index (χ0) is 23.7. The molecule has 0 saturated carbocycles. The maximum atomic E-state index is 14.2. The molecule has 1 aromatic carbocycles. The van der Waals surface area contributed by atoms with E-state index in [4.69, 9.17) is 16.2 Å². The molecule has 0 spiro atoms. The second-order valence-electron chi connectivity index (χ2n) is 7.63. The van der Waals surface area contributed by atoms with Gasteiger partial charge >= 0.3 is 6.09 Å². The normalized spacial score (nSPS) is 11.2. The Bertz CT molecular complexity index is 1310. The van der Waals surface area contributed by atoms with Crippen LogP contribution in [-0.4, -0.2) is 44.0 Å². The fraction of sp³-hybridized carbons (Fsp3) is 0.227. The number of fused-ring (bicyclic) bond motifs is 1. The van der Waals surface area contributed by atoms with Crippen LogP contribution in [0.1, 0.15) is 19.4 Å². The molecule has 170 valence electrons. The van der Waals surface area contributed by atoms with Gasteiger partial charge < -0.3 is 16.2 Å². The second-order valence-corrected chi connectivity index (χ2v) is 7.63. The lowest BCUT2D eigenvalue weighted by atomic mass is 10.2. The first-order valence-electron chi connectivity index (χ1n) is 10.2. The quantitative estimate of drug-likeness (QED) is 0.473. The van der Waals surface area contributed by atoms with Gasteiger partial charge in [0.2, 0.25) is 0 Å². The van der Waals surface area contributed by atoms with Crippen molar-refractivity contribution >= 4 is 34.4 Å². The zero-order valence-electron chi connectivity index (χ0n) is 18.4. The van der Waals surface area contributed by atoms with E-state index in [2.05, 4.69) is 20.1 Å². The second kappa shape index (κ2) is 8.69. The molecule has 4 rings (SSSR count). The molecule has 1 amide bonds. The highest BCUT2D eigenvalue weighted by atomic mass is 19.1. The van der Waals surface area contributed by atoms with Gasteiger partial charge in [-0.15, -0.1) is 0 Å². The Morgan fingerprint density at radius 2 is 1.85 bits per heavy atom. The van der Waals surface area contributed by atoms with Crippen LogP contribution < -0.4 is 16.4 Å². The van der Waals surface area contributed by atoms with E-state index >= 15 is 0 Å². The van der Waals surface area contributed by atoms with Crippen molar-refractivity contribution in [2.45, 2.75) is 26.5 Å². The van der Waals surface area contributed by atoms with Gasteiger partial charge in [0.1, 0.15) is 17.2 Å². The Labute approximate surface area is 189 Å². The van der Waals surface area contributed by atoms with Gasteiger partial charge in [-0.25, -0.2) is 28.8 Å². The lowest BCUT2D eigenvalue weighted by molar-refractivity contribution is 0.124. The number of carbonyl (C=O) groups is 1. The van der Waals surface area contributed by atoms with Gasteiger partial charge in [-0.3, -0.25) is 4.90 Å². The maximum Gasteiger partial charge on any atom is 0.414 e. The van der Waals surface area contributed by atoms with Crippen LogP contribution in [0.3, 0.4) is 0 Å². The van der Waals surface area contributed by atoms with E-state index in [-0.39, 0.29) is 41.6 Å². The van der Waals surface area contributed by atoms with E-state index in [9.17, 15) is 9.18 Å². The van der Waals surface area contributed by atoms with Gasteiger partial charge in [0, 0.05) is 18.8 Å². The van der Waals surface area contributed by atoms with Gasteiger partial charge in [-0.1, -0.05) is 18.2 Å². The smallest absolute Gasteiger partial charge is 0.414 e. The highest BCUT2D eigenvalue weighted by Gasteiger charge is 2.24. The minimum atomic E-state index is -0.636. The topological polar surface area (TPSA) is 138 Å². The van der Waals surface area contributed by atoms with Crippen molar-refractivity contribution in [2.24, 2.45) is 0 Å². The molecule has 0 bridgehead atoms. The van der Waals surface area contributed by atoms with Crippen molar-refractivity contribution < 1.29 is 13.9 Å². The standard InChI is InChI=1S/C22H23FN8O2/c1-12(2)33-22(32)30(3)17-18(24)27-20(28-19(17)25)16-14-8-6-10-26-21(14)31(29-16)11-13-7-4-5-9-15(13)23/h4-10,12H,11H2,1-3H3,(H4,24,25,27,28). The Balaban J connectivity index is 1.77. The number of halogens is 1. The van der Waals surface area contributed by atoms with E-state index in [1.807, 2.05) is 0 Å². The molecule has 0 aliphatic carbocycles. The third kappa shape index (κ3) is 4.25. The number of carbonyl (C=O) groups excluding carboxylic acids is 1. The number of ether oxygens (including phenoxy) is 1. The van der Waals surface area contributed by atoms with Gasteiger partial charge in [0.25, 0.3) is 0 Å². The first-order valence-corrected chi connectivity index (χ1v) is 10.2. The van der Waals surface area contributed by atoms with Crippen LogP contribution in [0.2, 0.25) is 0 Å². The molecule has 3 aromatic heterocycles. The number of aromatic nitrogens is 5. The lowest BCUT2D eigenvalue weighted by Gasteiger charge is -2.21. The van der Waals surface area contributed by atoms with Crippen LogP contribution in [0, 0.1) is 5.82 Å². The largest absolute Gasteiger partial charge is 0.446 e. The highest BCUT2D eigenvalue weighted by molar-refractivity contribution is 5.96. The van der Waals surface area contributed by atoms with Crippen molar-refractivity contribution in [1.29, 1.82) is 0 Å². The van der Waals surface area contributed by atoms with Gasteiger partial charge in [-0.2, -0.15) is 5.10 Å². The van der Waals surface area contributed by atoms with Crippen LogP contribution in [0.25, 0.3) is 22.6 Å². The molecule has 0 aliphatic heterocycles. The first-order chi connectivity index (χ1) is 15.8. The Morgan fingerprint density at radius 1 is 1.15 bits per heavy atom. The molecule has 11 heteroatoms. The van der Waals surface area contributed by atoms with Gasteiger partial charge in [0.05, 0.1) is 18.0 Å². The molecule has 4 aromatic rings. The lowest BCUT2D eigenvalue weighted by Crippen LogP contribution is -2.31. The van der Waals surface area contributed by atoms with Crippen LogP contribution in [0.5, 0.6) is 0 Å². The predicted octanol–water partition coefficient (Wildman–Crippen LogP) is 3.22. The summed E-state index contributed by atoms with van der Waals surface area (Å²) >= 11 is 0. The summed E-state index contributed by atoms with van der Waals surface area (Å²) in [7, 11) is 1.47. The summed E-state index contributed by atoms with van der Waals surface area (Å²) in [6.07, 6.45) is 0.664.